The van der Waals surface area contributed by atoms with Crippen molar-refractivity contribution in [3.05, 3.63) is 48.4 Å². The fourth-order valence-corrected chi connectivity index (χ4v) is 0.941. The Bertz CT molecular complexity index is 403. The summed E-state index contributed by atoms with van der Waals surface area (Å²) in [5.74, 6) is 1.39. The number of phenols is 1. The lowest BCUT2D eigenvalue weighted by Gasteiger charge is -1.96. The summed E-state index contributed by atoms with van der Waals surface area (Å²) in [6, 6.07) is 9.85. The number of benzene rings is 1. The summed E-state index contributed by atoms with van der Waals surface area (Å²) in [5, 5.41) is 8.80. The molecule has 4 nitrogen and oxygen atoms in total. The van der Waals surface area contributed by atoms with E-state index in [0.717, 1.165) is 5.75 Å². The largest absolute Gasteiger partial charge is 0.508 e. The highest BCUT2D eigenvalue weighted by Gasteiger charge is 1.87. The molecule has 0 aliphatic heterocycles. The summed E-state index contributed by atoms with van der Waals surface area (Å²) in [6.45, 7) is 0. The number of phenolic OH excluding ortho intramolecular Hbond substituents is 1. The second-order valence-electron chi connectivity index (χ2n) is 2.83. The molecule has 4 heteroatoms. The number of carbonyl (C=O) groups is 1. The lowest BCUT2D eigenvalue weighted by molar-refractivity contribution is 0.110. The van der Waals surface area contributed by atoms with E-state index in [1.54, 1.807) is 43.5 Å². The quantitative estimate of drug-likeness (QED) is 0.790. The Balaban J connectivity index is 0.000000165. The van der Waals surface area contributed by atoms with Crippen LogP contribution in [0.15, 0.2) is 47.1 Å². The molecule has 0 saturated heterocycles. The van der Waals surface area contributed by atoms with Gasteiger partial charge in [-0.1, -0.05) is 0 Å². The lowest BCUT2D eigenvalue weighted by Crippen LogP contribution is -1.79. The standard InChI is InChI=1S/C7H8O2.C5H4O2/c1-9-7-4-2-6(8)3-5-7;6-4-5-2-1-3-7-5/h2-5,8H,1H3;1-4H. The summed E-state index contributed by atoms with van der Waals surface area (Å²) in [6.07, 6.45) is 2.13. The highest BCUT2D eigenvalue weighted by molar-refractivity contribution is 5.69. The van der Waals surface area contributed by atoms with Gasteiger partial charge >= 0.3 is 0 Å². The average Bonchev–Trinajstić information content (AvgIpc) is 2.84. The van der Waals surface area contributed by atoms with Crippen molar-refractivity contribution in [1.82, 2.24) is 0 Å². The van der Waals surface area contributed by atoms with Gasteiger partial charge in [0.1, 0.15) is 11.5 Å². The third-order valence-electron chi connectivity index (χ3n) is 1.73. The normalized spacial score (nSPS) is 8.81. The predicted octanol–water partition coefficient (Wildman–Crippen LogP) is 2.49. The highest BCUT2D eigenvalue weighted by Crippen LogP contribution is 2.14. The van der Waals surface area contributed by atoms with Crippen LogP contribution in [0.5, 0.6) is 11.5 Å². The molecule has 16 heavy (non-hydrogen) atoms. The molecule has 2 aromatic rings. The van der Waals surface area contributed by atoms with E-state index in [1.165, 1.54) is 6.26 Å². The van der Waals surface area contributed by atoms with E-state index in [2.05, 4.69) is 4.42 Å². The Morgan fingerprint density at radius 1 is 1.25 bits per heavy atom. The summed E-state index contributed by atoms with van der Waals surface area (Å²) in [7, 11) is 1.59. The highest BCUT2D eigenvalue weighted by atomic mass is 16.5. The summed E-state index contributed by atoms with van der Waals surface area (Å²) < 4.78 is 9.47. The van der Waals surface area contributed by atoms with Crippen LogP contribution in [0.25, 0.3) is 0 Å². The molecule has 0 unspecified atom stereocenters. The van der Waals surface area contributed by atoms with E-state index >= 15 is 0 Å². The predicted molar refractivity (Wildman–Crippen MR) is 58.8 cm³/mol. The van der Waals surface area contributed by atoms with Gasteiger partial charge in [0.05, 0.1) is 13.4 Å². The maximum Gasteiger partial charge on any atom is 0.185 e. The van der Waals surface area contributed by atoms with Crippen LogP contribution in [0.3, 0.4) is 0 Å². The van der Waals surface area contributed by atoms with E-state index < -0.39 is 0 Å². The van der Waals surface area contributed by atoms with Crippen molar-refractivity contribution < 1.29 is 19.1 Å². The van der Waals surface area contributed by atoms with E-state index in [0.29, 0.717) is 12.0 Å². The lowest BCUT2D eigenvalue weighted by atomic mass is 10.3. The second-order valence-corrected chi connectivity index (χ2v) is 2.83. The Morgan fingerprint density at radius 3 is 2.31 bits per heavy atom. The van der Waals surface area contributed by atoms with Gasteiger partial charge in [-0.3, -0.25) is 4.79 Å². The van der Waals surface area contributed by atoms with Crippen molar-refractivity contribution in [1.29, 1.82) is 0 Å². The molecule has 0 bridgehead atoms. The van der Waals surface area contributed by atoms with Crippen molar-refractivity contribution in [2.45, 2.75) is 0 Å². The van der Waals surface area contributed by atoms with Gasteiger partial charge < -0.3 is 14.3 Å². The van der Waals surface area contributed by atoms with Gasteiger partial charge in [0.2, 0.25) is 0 Å². The first-order chi connectivity index (χ1) is 7.76. The fourth-order valence-electron chi connectivity index (χ4n) is 0.941. The van der Waals surface area contributed by atoms with Crippen LogP contribution in [-0.2, 0) is 0 Å². The first-order valence-corrected chi connectivity index (χ1v) is 4.58. The molecule has 0 spiro atoms. The molecule has 1 aromatic heterocycles. The summed E-state index contributed by atoms with van der Waals surface area (Å²) in [5.41, 5.74) is 0. The zero-order valence-electron chi connectivity index (χ0n) is 8.79. The third kappa shape index (κ3) is 3.88. The molecule has 0 saturated carbocycles. The Morgan fingerprint density at radius 2 is 1.94 bits per heavy atom. The molecule has 0 atom stereocenters. The number of hydrogen-bond donors (Lipinski definition) is 1. The van der Waals surface area contributed by atoms with E-state index in [-0.39, 0.29) is 5.75 Å². The zero-order valence-corrected chi connectivity index (χ0v) is 8.79. The molecule has 0 aliphatic rings. The first kappa shape index (κ1) is 11.8. The minimum atomic E-state index is 0.260. The zero-order chi connectivity index (χ0) is 11.8. The van der Waals surface area contributed by atoms with Crippen molar-refractivity contribution in [3.8, 4) is 11.5 Å². The van der Waals surface area contributed by atoms with Gasteiger partial charge in [-0.15, -0.1) is 0 Å². The van der Waals surface area contributed by atoms with Gasteiger partial charge in [-0.05, 0) is 36.4 Å². The molecular weight excluding hydrogens is 208 g/mol. The first-order valence-electron chi connectivity index (χ1n) is 4.58. The second kappa shape index (κ2) is 6.29. The number of hydrogen-bond acceptors (Lipinski definition) is 4. The number of aromatic hydroxyl groups is 1. The molecule has 0 radical (unpaired) electrons. The third-order valence-corrected chi connectivity index (χ3v) is 1.73. The van der Waals surface area contributed by atoms with E-state index in [4.69, 9.17) is 9.84 Å². The smallest absolute Gasteiger partial charge is 0.185 e. The fraction of sp³-hybridized carbons (Fsp3) is 0.0833. The number of furan rings is 1. The average molecular weight is 220 g/mol. The minimum absolute atomic E-state index is 0.260. The molecule has 1 aromatic carbocycles. The van der Waals surface area contributed by atoms with Crippen LogP contribution < -0.4 is 4.74 Å². The van der Waals surface area contributed by atoms with Crippen LogP contribution in [-0.4, -0.2) is 18.5 Å². The molecule has 0 fully saturated rings. The van der Waals surface area contributed by atoms with Gasteiger partial charge in [0.15, 0.2) is 12.0 Å². The summed E-state index contributed by atoms with van der Waals surface area (Å²) in [4.78, 5) is 9.77. The molecule has 2 rings (SSSR count). The Kier molecular flexibility index (Phi) is 4.66. The number of carbonyl (C=O) groups excluding carboxylic acids is 1. The number of rotatable bonds is 2. The van der Waals surface area contributed by atoms with Crippen LogP contribution in [0, 0.1) is 0 Å². The van der Waals surface area contributed by atoms with Crippen LogP contribution in [0.2, 0.25) is 0 Å². The van der Waals surface area contributed by atoms with Crippen molar-refractivity contribution in [2.75, 3.05) is 7.11 Å². The number of aldehydes is 1. The molecule has 0 amide bonds. The van der Waals surface area contributed by atoms with Gasteiger partial charge in [0, 0.05) is 0 Å². The monoisotopic (exact) mass is 220 g/mol. The van der Waals surface area contributed by atoms with Gasteiger partial charge in [-0.2, -0.15) is 0 Å². The van der Waals surface area contributed by atoms with Crippen molar-refractivity contribution in [2.24, 2.45) is 0 Å². The van der Waals surface area contributed by atoms with Crippen molar-refractivity contribution >= 4 is 6.29 Å². The van der Waals surface area contributed by atoms with Gasteiger partial charge in [-0.25, -0.2) is 0 Å². The van der Waals surface area contributed by atoms with E-state index in [1.807, 2.05) is 0 Å². The van der Waals surface area contributed by atoms with Crippen molar-refractivity contribution in [3.63, 3.8) is 0 Å². The van der Waals surface area contributed by atoms with Crippen LogP contribution >= 0.6 is 0 Å². The Hall–Kier alpha value is -2.23. The molecular formula is C12H12O4. The maximum absolute atomic E-state index is 9.77. The maximum atomic E-state index is 9.77. The number of ether oxygens (including phenoxy) is 1. The SMILES string of the molecule is COc1ccc(O)cc1.O=Cc1ccco1. The molecule has 0 aliphatic carbocycles. The van der Waals surface area contributed by atoms with E-state index in [9.17, 15) is 4.79 Å². The topological polar surface area (TPSA) is 59.7 Å². The van der Waals surface area contributed by atoms with Crippen LogP contribution in [0.4, 0.5) is 0 Å². The number of methoxy groups -OCH3 is 1. The summed E-state index contributed by atoms with van der Waals surface area (Å²) >= 11 is 0. The molecule has 84 valence electrons. The molecule has 1 heterocycles. The minimum Gasteiger partial charge on any atom is -0.508 e. The Labute approximate surface area is 93.1 Å². The van der Waals surface area contributed by atoms with Gasteiger partial charge in [0.25, 0.3) is 0 Å². The molecule has 1 N–H and O–H groups in total. The van der Waals surface area contributed by atoms with Crippen LogP contribution in [0.1, 0.15) is 10.6 Å².